The van der Waals surface area contributed by atoms with Gasteiger partial charge in [-0.3, -0.25) is 0 Å². The summed E-state index contributed by atoms with van der Waals surface area (Å²) in [6.45, 7) is 2.96. The molecule has 16 heavy (non-hydrogen) atoms. The van der Waals surface area contributed by atoms with Crippen molar-refractivity contribution in [2.45, 2.75) is 18.9 Å². The highest BCUT2D eigenvalue weighted by Gasteiger charge is 2.32. The lowest BCUT2D eigenvalue weighted by Gasteiger charge is -2.19. The summed E-state index contributed by atoms with van der Waals surface area (Å²) in [5, 5.41) is 18.6. The molecular weight excluding hydrogens is 208 g/mol. The van der Waals surface area contributed by atoms with Gasteiger partial charge in [0.2, 0.25) is 0 Å². The van der Waals surface area contributed by atoms with Crippen molar-refractivity contribution in [2.24, 2.45) is 0 Å². The van der Waals surface area contributed by atoms with E-state index in [0.29, 0.717) is 25.3 Å². The number of anilines is 1. The molecule has 86 valence electrons. The van der Waals surface area contributed by atoms with Gasteiger partial charge in [-0.05, 0) is 25.5 Å². The summed E-state index contributed by atoms with van der Waals surface area (Å²) >= 11 is 0. The fourth-order valence-corrected chi connectivity index (χ4v) is 1.86. The lowest BCUT2D eigenvalue weighted by Crippen LogP contribution is -2.30. The van der Waals surface area contributed by atoms with Crippen LogP contribution in [0, 0.1) is 0 Å². The number of aromatic nitrogens is 1. The molecular formula is C11H14N2O3. The van der Waals surface area contributed by atoms with Crippen molar-refractivity contribution in [3.8, 4) is 0 Å². The van der Waals surface area contributed by atoms with Gasteiger partial charge in [0.25, 0.3) is 0 Å². The van der Waals surface area contributed by atoms with Crippen LogP contribution < -0.4 is 4.90 Å². The van der Waals surface area contributed by atoms with Crippen LogP contribution in [-0.2, 0) is 0 Å². The molecule has 0 radical (unpaired) electrons. The van der Waals surface area contributed by atoms with E-state index in [1.165, 1.54) is 6.07 Å². The van der Waals surface area contributed by atoms with Gasteiger partial charge in [-0.15, -0.1) is 0 Å². The molecule has 1 aromatic heterocycles. The molecule has 5 nitrogen and oxygen atoms in total. The Morgan fingerprint density at radius 3 is 2.88 bits per heavy atom. The molecule has 1 saturated heterocycles. The number of carboxylic acids is 1. The normalized spacial score (nSPS) is 24.8. The number of β-amino-alcohol motifs (C(OH)–C–C–N with tert-alkyl or cyclic N) is 1. The van der Waals surface area contributed by atoms with E-state index in [2.05, 4.69) is 4.98 Å². The Morgan fingerprint density at radius 1 is 1.56 bits per heavy atom. The molecule has 1 fully saturated rings. The van der Waals surface area contributed by atoms with Crippen LogP contribution in [0.2, 0.25) is 0 Å². The fraction of sp³-hybridized carbons (Fsp3) is 0.455. The Balaban J connectivity index is 2.22. The number of nitrogens with zero attached hydrogens (tertiary/aromatic N) is 2. The topological polar surface area (TPSA) is 73.7 Å². The van der Waals surface area contributed by atoms with Crippen molar-refractivity contribution in [3.63, 3.8) is 0 Å². The predicted molar refractivity (Wildman–Crippen MR) is 58.7 cm³/mol. The van der Waals surface area contributed by atoms with Gasteiger partial charge >= 0.3 is 5.97 Å². The third-order valence-corrected chi connectivity index (χ3v) is 2.73. The summed E-state index contributed by atoms with van der Waals surface area (Å²) in [4.78, 5) is 16.7. The van der Waals surface area contributed by atoms with E-state index in [0.717, 1.165) is 0 Å². The van der Waals surface area contributed by atoms with E-state index in [1.807, 2.05) is 4.90 Å². The third-order valence-electron chi connectivity index (χ3n) is 2.73. The van der Waals surface area contributed by atoms with Crippen LogP contribution in [0.5, 0.6) is 0 Å². The highest BCUT2D eigenvalue weighted by Crippen LogP contribution is 2.24. The summed E-state index contributed by atoms with van der Waals surface area (Å²) in [7, 11) is 0. The molecule has 5 heteroatoms. The van der Waals surface area contributed by atoms with Crippen LogP contribution in [0.1, 0.15) is 23.8 Å². The van der Waals surface area contributed by atoms with Crippen LogP contribution in [0.25, 0.3) is 0 Å². The minimum absolute atomic E-state index is 0.0315. The standard InChI is InChI=1S/C11H14N2O3/c1-11(16)5-6-13(7-11)9-4-2-3-8(12-9)10(14)15/h2-4,16H,5-7H2,1H3,(H,14,15). The average Bonchev–Trinajstić information content (AvgIpc) is 2.59. The fourth-order valence-electron chi connectivity index (χ4n) is 1.86. The molecule has 1 aliphatic rings. The van der Waals surface area contributed by atoms with Gasteiger partial charge in [0, 0.05) is 13.1 Å². The Morgan fingerprint density at radius 2 is 2.31 bits per heavy atom. The molecule has 1 aromatic rings. The first-order valence-electron chi connectivity index (χ1n) is 5.16. The zero-order chi connectivity index (χ0) is 11.8. The Kier molecular flexibility index (Phi) is 2.55. The molecule has 1 aliphatic heterocycles. The Hall–Kier alpha value is -1.62. The lowest BCUT2D eigenvalue weighted by atomic mass is 10.1. The largest absolute Gasteiger partial charge is 0.477 e. The summed E-state index contributed by atoms with van der Waals surface area (Å²) in [5.41, 5.74) is -0.676. The quantitative estimate of drug-likeness (QED) is 0.772. The smallest absolute Gasteiger partial charge is 0.354 e. The second kappa shape index (κ2) is 3.75. The van der Waals surface area contributed by atoms with Gasteiger partial charge in [-0.1, -0.05) is 6.07 Å². The molecule has 2 heterocycles. The van der Waals surface area contributed by atoms with Gasteiger partial charge in [0.15, 0.2) is 5.69 Å². The third kappa shape index (κ3) is 2.14. The van der Waals surface area contributed by atoms with Gasteiger partial charge in [-0.2, -0.15) is 0 Å². The van der Waals surface area contributed by atoms with Crippen molar-refractivity contribution < 1.29 is 15.0 Å². The Bertz CT molecular complexity index is 417. The van der Waals surface area contributed by atoms with Gasteiger partial charge in [0.05, 0.1) is 5.60 Å². The average molecular weight is 222 g/mol. The SMILES string of the molecule is CC1(O)CCN(c2cccc(C(=O)O)n2)C1. The highest BCUT2D eigenvalue weighted by molar-refractivity contribution is 5.85. The molecule has 1 unspecified atom stereocenters. The summed E-state index contributed by atoms with van der Waals surface area (Å²) in [5.74, 6) is -0.425. The Labute approximate surface area is 93.3 Å². The minimum atomic E-state index is -1.03. The van der Waals surface area contributed by atoms with Crippen LogP contribution in [0.4, 0.5) is 5.82 Å². The zero-order valence-corrected chi connectivity index (χ0v) is 9.05. The molecule has 0 aliphatic carbocycles. The minimum Gasteiger partial charge on any atom is -0.477 e. The van der Waals surface area contributed by atoms with E-state index in [4.69, 9.17) is 5.11 Å². The molecule has 2 N–H and O–H groups in total. The summed E-state index contributed by atoms with van der Waals surface area (Å²) < 4.78 is 0. The second-order valence-electron chi connectivity index (χ2n) is 4.35. The lowest BCUT2D eigenvalue weighted by molar-refractivity contribution is 0.0690. The summed E-state index contributed by atoms with van der Waals surface area (Å²) in [6, 6.07) is 4.88. The van der Waals surface area contributed by atoms with Gasteiger partial charge in [-0.25, -0.2) is 9.78 Å². The molecule has 1 atom stereocenters. The number of aliphatic hydroxyl groups is 1. The van der Waals surface area contributed by atoms with E-state index < -0.39 is 11.6 Å². The number of aromatic carboxylic acids is 1. The monoisotopic (exact) mass is 222 g/mol. The van der Waals surface area contributed by atoms with Crippen LogP contribution >= 0.6 is 0 Å². The molecule has 0 amide bonds. The molecule has 0 bridgehead atoms. The number of hydrogen-bond donors (Lipinski definition) is 2. The molecule has 0 aromatic carbocycles. The van der Waals surface area contributed by atoms with Crippen molar-refractivity contribution in [3.05, 3.63) is 23.9 Å². The van der Waals surface area contributed by atoms with Crippen LogP contribution in [-0.4, -0.2) is 39.9 Å². The number of carboxylic acid groups (broad SMARTS) is 1. The van der Waals surface area contributed by atoms with Crippen molar-refractivity contribution in [2.75, 3.05) is 18.0 Å². The second-order valence-corrected chi connectivity index (χ2v) is 4.35. The molecule has 2 rings (SSSR count). The van der Waals surface area contributed by atoms with Gasteiger partial charge < -0.3 is 15.1 Å². The maximum Gasteiger partial charge on any atom is 0.354 e. The van der Waals surface area contributed by atoms with E-state index >= 15 is 0 Å². The first-order valence-corrected chi connectivity index (χ1v) is 5.16. The summed E-state index contributed by atoms with van der Waals surface area (Å²) in [6.07, 6.45) is 0.673. The molecule has 0 saturated carbocycles. The highest BCUT2D eigenvalue weighted by atomic mass is 16.4. The predicted octanol–water partition coefficient (Wildman–Crippen LogP) is 0.741. The first kappa shape index (κ1) is 10.9. The van der Waals surface area contributed by atoms with Crippen LogP contribution in [0.3, 0.4) is 0 Å². The number of rotatable bonds is 2. The van der Waals surface area contributed by atoms with Crippen LogP contribution in [0.15, 0.2) is 18.2 Å². The number of hydrogen-bond acceptors (Lipinski definition) is 4. The van der Waals surface area contributed by atoms with Crippen molar-refractivity contribution >= 4 is 11.8 Å². The van der Waals surface area contributed by atoms with E-state index in [-0.39, 0.29) is 5.69 Å². The first-order chi connectivity index (χ1) is 7.48. The maximum absolute atomic E-state index is 10.8. The van der Waals surface area contributed by atoms with Crippen molar-refractivity contribution in [1.82, 2.24) is 4.98 Å². The number of pyridine rings is 1. The number of carbonyl (C=O) groups is 1. The maximum atomic E-state index is 10.8. The molecule has 0 spiro atoms. The van der Waals surface area contributed by atoms with E-state index in [1.54, 1.807) is 19.1 Å². The van der Waals surface area contributed by atoms with Crippen molar-refractivity contribution in [1.29, 1.82) is 0 Å². The zero-order valence-electron chi connectivity index (χ0n) is 9.05. The van der Waals surface area contributed by atoms with E-state index in [9.17, 15) is 9.90 Å². The van der Waals surface area contributed by atoms with Gasteiger partial charge in [0.1, 0.15) is 5.82 Å².